The van der Waals surface area contributed by atoms with E-state index in [1.165, 1.54) is 32.2 Å². The van der Waals surface area contributed by atoms with Gasteiger partial charge in [0.2, 0.25) is 0 Å². The molecule has 0 aromatic heterocycles. The highest BCUT2D eigenvalue weighted by Gasteiger charge is 2.26. The van der Waals surface area contributed by atoms with E-state index < -0.39 is 0 Å². The molecule has 0 radical (unpaired) electrons. The number of likely N-dealkylation sites (tertiary alicyclic amines) is 1. The van der Waals surface area contributed by atoms with Crippen LogP contribution in [0, 0.1) is 11.8 Å². The summed E-state index contributed by atoms with van der Waals surface area (Å²) in [6.07, 6.45) is 5.80. The predicted octanol–water partition coefficient (Wildman–Crippen LogP) is 1.10. The average molecular weight is 169 g/mol. The SMILES string of the molecule is OCC1CN(CCC2CCC2)C1. The van der Waals surface area contributed by atoms with Crippen molar-refractivity contribution in [3.63, 3.8) is 0 Å². The van der Waals surface area contributed by atoms with Crippen LogP contribution in [-0.2, 0) is 0 Å². The van der Waals surface area contributed by atoms with Crippen LogP contribution in [0.25, 0.3) is 0 Å². The molecule has 0 spiro atoms. The van der Waals surface area contributed by atoms with Crippen LogP contribution in [0.5, 0.6) is 0 Å². The molecule has 1 heterocycles. The molecule has 0 unspecified atom stereocenters. The predicted molar refractivity (Wildman–Crippen MR) is 49.0 cm³/mol. The summed E-state index contributed by atoms with van der Waals surface area (Å²) in [4.78, 5) is 2.47. The maximum atomic E-state index is 8.81. The van der Waals surface area contributed by atoms with Gasteiger partial charge in [0.1, 0.15) is 0 Å². The minimum atomic E-state index is 0.389. The third-order valence-corrected chi connectivity index (χ3v) is 3.37. The van der Waals surface area contributed by atoms with Crippen LogP contribution < -0.4 is 0 Å². The Morgan fingerprint density at radius 1 is 1.17 bits per heavy atom. The number of aliphatic hydroxyl groups is 1. The minimum Gasteiger partial charge on any atom is -0.396 e. The van der Waals surface area contributed by atoms with Crippen molar-refractivity contribution in [2.75, 3.05) is 26.2 Å². The molecule has 2 fully saturated rings. The molecule has 12 heavy (non-hydrogen) atoms. The number of aliphatic hydroxyl groups excluding tert-OH is 1. The zero-order valence-corrected chi connectivity index (χ0v) is 7.71. The van der Waals surface area contributed by atoms with Gasteiger partial charge in [0.15, 0.2) is 0 Å². The number of nitrogens with zero attached hydrogens (tertiary/aromatic N) is 1. The molecule has 1 N–H and O–H groups in total. The van der Waals surface area contributed by atoms with Crippen molar-refractivity contribution in [2.45, 2.75) is 25.7 Å². The number of hydrogen-bond acceptors (Lipinski definition) is 2. The molecule has 2 aliphatic rings. The van der Waals surface area contributed by atoms with Crippen molar-refractivity contribution in [3.8, 4) is 0 Å². The van der Waals surface area contributed by atoms with Crippen LogP contribution in [0.3, 0.4) is 0 Å². The van der Waals surface area contributed by atoms with Gasteiger partial charge in [-0.1, -0.05) is 19.3 Å². The highest BCUT2D eigenvalue weighted by molar-refractivity contribution is 4.80. The Morgan fingerprint density at radius 2 is 1.92 bits per heavy atom. The smallest absolute Gasteiger partial charge is 0.0483 e. The molecule has 70 valence electrons. The van der Waals surface area contributed by atoms with E-state index in [0.29, 0.717) is 12.5 Å². The summed E-state index contributed by atoms with van der Waals surface area (Å²) in [6.45, 7) is 3.95. The summed E-state index contributed by atoms with van der Waals surface area (Å²) < 4.78 is 0. The van der Waals surface area contributed by atoms with Gasteiger partial charge in [-0.2, -0.15) is 0 Å². The molecular weight excluding hydrogens is 150 g/mol. The van der Waals surface area contributed by atoms with Gasteiger partial charge in [-0.25, -0.2) is 0 Å². The largest absolute Gasteiger partial charge is 0.396 e. The van der Waals surface area contributed by atoms with Gasteiger partial charge in [0.05, 0.1) is 0 Å². The summed E-state index contributed by atoms with van der Waals surface area (Å²) in [5, 5.41) is 8.81. The number of rotatable bonds is 4. The topological polar surface area (TPSA) is 23.5 Å². The Bertz CT molecular complexity index is 139. The lowest BCUT2D eigenvalue weighted by Crippen LogP contribution is -2.48. The Labute approximate surface area is 74.6 Å². The average Bonchev–Trinajstić information content (AvgIpc) is 1.90. The molecule has 2 nitrogen and oxygen atoms in total. The standard InChI is InChI=1S/C10H19NO/c12-8-10-6-11(7-10)5-4-9-2-1-3-9/h9-10,12H,1-8H2. The first-order valence-corrected chi connectivity index (χ1v) is 5.21. The normalized spacial score (nSPS) is 26.8. The van der Waals surface area contributed by atoms with Crippen LogP contribution in [0.4, 0.5) is 0 Å². The second kappa shape index (κ2) is 3.75. The maximum absolute atomic E-state index is 8.81. The second-order valence-corrected chi connectivity index (χ2v) is 4.39. The molecule has 0 amide bonds. The van der Waals surface area contributed by atoms with E-state index in [0.717, 1.165) is 19.0 Å². The number of hydrogen-bond donors (Lipinski definition) is 1. The maximum Gasteiger partial charge on any atom is 0.0483 e. The molecule has 1 saturated heterocycles. The fraction of sp³-hybridized carbons (Fsp3) is 1.00. The Hall–Kier alpha value is -0.0800. The van der Waals surface area contributed by atoms with E-state index in [2.05, 4.69) is 4.90 Å². The summed E-state index contributed by atoms with van der Waals surface area (Å²) in [7, 11) is 0. The van der Waals surface area contributed by atoms with E-state index in [1.807, 2.05) is 0 Å². The van der Waals surface area contributed by atoms with Crippen molar-refractivity contribution >= 4 is 0 Å². The Morgan fingerprint density at radius 3 is 2.42 bits per heavy atom. The van der Waals surface area contributed by atoms with Crippen LogP contribution in [-0.4, -0.2) is 36.2 Å². The monoisotopic (exact) mass is 169 g/mol. The first kappa shape index (κ1) is 8.52. The lowest BCUT2D eigenvalue weighted by molar-refractivity contribution is 0.0461. The van der Waals surface area contributed by atoms with Crippen molar-refractivity contribution in [2.24, 2.45) is 11.8 Å². The zero-order chi connectivity index (χ0) is 8.39. The van der Waals surface area contributed by atoms with Crippen LogP contribution >= 0.6 is 0 Å². The van der Waals surface area contributed by atoms with Crippen molar-refractivity contribution in [1.29, 1.82) is 0 Å². The lowest BCUT2D eigenvalue weighted by Gasteiger charge is -2.39. The molecule has 1 saturated carbocycles. The molecule has 0 atom stereocenters. The molecule has 2 rings (SSSR count). The quantitative estimate of drug-likeness (QED) is 0.681. The summed E-state index contributed by atoms with van der Waals surface area (Å²) in [5.41, 5.74) is 0. The van der Waals surface area contributed by atoms with E-state index >= 15 is 0 Å². The Balaban J connectivity index is 1.51. The van der Waals surface area contributed by atoms with E-state index in [9.17, 15) is 0 Å². The van der Waals surface area contributed by atoms with Crippen LogP contribution in [0.15, 0.2) is 0 Å². The Kier molecular flexibility index (Phi) is 2.66. The van der Waals surface area contributed by atoms with Gasteiger partial charge >= 0.3 is 0 Å². The fourth-order valence-electron chi connectivity index (χ4n) is 2.12. The highest BCUT2D eigenvalue weighted by atomic mass is 16.3. The minimum absolute atomic E-state index is 0.389. The molecule has 2 heteroatoms. The van der Waals surface area contributed by atoms with Crippen molar-refractivity contribution in [1.82, 2.24) is 4.90 Å². The molecule has 0 bridgehead atoms. The van der Waals surface area contributed by atoms with Crippen LogP contribution in [0.2, 0.25) is 0 Å². The summed E-state index contributed by atoms with van der Waals surface area (Å²) in [6, 6.07) is 0. The third kappa shape index (κ3) is 1.80. The van der Waals surface area contributed by atoms with Crippen molar-refractivity contribution < 1.29 is 5.11 Å². The van der Waals surface area contributed by atoms with Gasteiger partial charge in [-0.05, 0) is 18.9 Å². The molecule has 1 aliphatic carbocycles. The molecule has 0 aromatic rings. The molecule has 1 aliphatic heterocycles. The first-order valence-electron chi connectivity index (χ1n) is 5.21. The fourth-order valence-corrected chi connectivity index (χ4v) is 2.12. The summed E-state index contributed by atoms with van der Waals surface area (Å²) in [5.74, 6) is 1.63. The lowest BCUT2D eigenvalue weighted by atomic mass is 9.82. The van der Waals surface area contributed by atoms with Crippen LogP contribution in [0.1, 0.15) is 25.7 Å². The van der Waals surface area contributed by atoms with Gasteiger partial charge in [-0.3, -0.25) is 0 Å². The molecular formula is C10H19NO. The molecule has 0 aromatic carbocycles. The highest BCUT2D eigenvalue weighted by Crippen LogP contribution is 2.30. The van der Waals surface area contributed by atoms with Gasteiger partial charge < -0.3 is 10.0 Å². The first-order chi connectivity index (χ1) is 5.88. The third-order valence-electron chi connectivity index (χ3n) is 3.37. The van der Waals surface area contributed by atoms with Gasteiger partial charge in [0, 0.05) is 25.6 Å². The summed E-state index contributed by atoms with van der Waals surface area (Å²) >= 11 is 0. The van der Waals surface area contributed by atoms with E-state index in [1.54, 1.807) is 0 Å². The zero-order valence-electron chi connectivity index (χ0n) is 7.71. The van der Waals surface area contributed by atoms with E-state index in [-0.39, 0.29) is 0 Å². The van der Waals surface area contributed by atoms with Crippen molar-refractivity contribution in [3.05, 3.63) is 0 Å². The second-order valence-electron chi connectivity index (χ2n) is 4.39. The van der Waals surface area contributed by atoms with Gasteiger partial charge in [0.25, 0.3) is 0 Å². The van der Waals surface area contributed by atoms with E-state index in [4.69, 9.17) is 5.11 Å². The van der Waals surface area contributed by atoms with Gasteiger partial charge in [-0.15, -0.1) is 0 Å².